The minimum absolute atomic E-state index is 0.161. The van der Waals surface area contributed by atoms with Crippen LogP contribution in [0.15, 0.2) is 24.3 Å². The largest absolute Gasteiger partial charge is 0.481 e. The minimum Gasteiger partial charge on any atom is -0.481 e. The van der Waals surface area contributed by atoms with Crippen molar-refractivity contribution < 1.29 is 14.3 Å². The fourth-order valence-electron chi connectivity index (χ4n) is 1.33. The lowest BCUT2D eigenvalue weighted by Gasteiger charge is -2.03. The van der Waals surface area contributed by atoms with Gasteiger partial charge in [-0.05, 0) is 29.7 Å². The van der Waals surface area contributed by atoms with Gasteiger partial charge in [0.1, 0.15) is 5.82 Å². The summed E-state index contributed by atoms with van der Waals surface area (Å²) in [6, 6.07) is 4.19. The van der Waals surface area contributed by atoms with Crippen molar-refractivity contribution in [3.8, 4) is 0 Å². The first kappa shape index (κ1) is 12.9. The molecular weight excluding hydrogens is 275 g/mol. The number of hydrogen-bond acceptors (Lipinski definition) is 1. The number of carboxylic acids is 1. The Kier molecular flexibility index (Phi) is 5.19. The van der Waals surface area contributed by atoms with E-state index in [1.165, 1.54) is 12.1 Å². The Morgan fingerprint density at radius 3 is 2.88 bits per heavy atom. The molecule has 0 heterocycles. The Labute approximate surface area is 102 Å². The highest BCUT2D eigenvalue weighted by Crippen LogP contribution is 2.14. The van der Waals surface area contributed by atoms with E-state index >= 15 is 0 Å². The van der Waals surface area contributed by atoms with Crippen molar-refractivity contribution in [1.29, 1.82) is 0 Å². The van der Waals surface area contributed by atoms with Crippen LogP contribution in [-0.2, 0) is 11.2 Å². The molecule has 0 radical (unpaired) electrons. The van der Waals surface area contributed by atoms with E-state index in [-0.39, 0.29) is 6.42 Å². The van der Waals surface area contributed by atoms with Gasteiger partial charge >= 0.3 is 5.97 Å². The summed E-state index contributed by atoms with van der Waals surface area (Å²) in [5.74, 6) is -1.37. The normalized spacial score (nSPS) is 10.9. The molecule has 1 aromatic rings. The first-order chi connectivity index (χ1) is 7.63. The molecule has 0 aromatic heterocycles. The molecular formula is C12H12BrFO2. The zero-order chi connectivity index (χ0) is 12.0. The van der Waals surface area contributed by atoms with Crippen LogP contribution in [-0.4, -0.2) is 16.4 Å². The maximum Gasteiger partial charge on any atom is 0.307 e. The van der Waals surface area contributed by atoms with Crippen LogP contribution in [0.4, 0.5) is 4.39 Å². The second-order valence-corrected chi connectivity index (χ2v) is 4.09. The molecule has 1 rings (SSSR count). The fourth-order valence-corrected chi connectivity index (χ4v) is 1.59. The third-order valence-electron chi connectivity index (χ3n) is 2.02. The highest BCUT2D eigenvalue weighted by atomic mass is 79.9. The Morgan fingerprint density at radius 2 is 2.25 bits per heavy atom. The van der Waals surface area contributed by atoms with Gasteiger partial charge in [-0.1, -0.05) is 34.1 Å². The number of alkyl halides is 1. The van der Waals surface area contributed by atoms with E-state index in [4.69, 9.17) is 5.11 Å². The van der Waals surface area contributed by atoms with E-state index in [1.54, 1.807) is 6.07 Å². The van der Waals surface area contributed by atoms with Crippen LogP contribution in [0.25, 0.3) is 6.08 Å². The molecule has 86 valence electrons. The summed E-state index contributed by atoms with van der Waals surface area (Å²) in [6.07, 6.45) is 4.43. The van der Waals surface area contributed by atoms with Crippen molar-refractivity contribution in [2.45, 2.75) is 12.8 Å². The van der Waals surface area contributed by atoms with E-state index in [9.17, 15) is 9.18 Å². The lowest BCUT2D eigenvalue weighted by Crippen LogP contribution is -2.02. The maximum atomic E-state index is 13.0. The number of carboxylic acid groups (broad SMARTS) is 1. The monoisotopic (exact) mass is 286 g/mol. The van der Waals surface area contributed by atoms with Gasteiger partial charge in [0.2, 0.25) is 0 Å². The van der Waals surface area contributed by atoms with Crippen LogP contribution < -0.4 is 0 Å². The Bertz CT molecular complexity index is 402. The number of hydrogen-bond donors (Lipinski definition) is 1. The van der Waals surface area contributed by atoms with Crippen LogP contribution >= 0.6 is 15.9 Å². The summed E-state index contributed by atoms with van der Waals surface area (Å²) in [4.78, 5) is 10.6. The average molecular weight is 287 g/mol. The molecule has 0 amide bonds. The molecule has 0 aliphatic rings. The molecule has 0 bridgehead atoms. The zero-order valence-electron chi connectivity index (χ0n) is 8.62. The van der Waals surface area contributed by atoms with Crippen LogP contribution in [0.1, 0.15) is 17.5 Å². The SMILES string of the molecule is O=C(O)Cc1cc(F)ccc1C=CCCBr. The van der Waals surface area contributed by atoms with Crippen molar-refractivity contribution in [2.24, 2.45) is 0 Å². The summed E-state index contributed by atoms with van der Waals surface area (Å²) in [7, 11) is 0. The van der Waals surface area contributed by atoms with Gasteiger partial charge in [-0.25, -0.2) is 4.39 Å². The third-order valence-corrected chi connectivity index (χ3v) is 2.48. The topological polar surface area (TPSA) is 37.3 Å². The highest BCUT2D eigenvalue weighted by Gasteiger charge is 2.06. The molecule has 0 aliphatic heterocycles. The fraction of sp³-hybridized carbons (Fsp3) is 0.250. The van der Waals surface area contributed by atoms with Crippen LogP contribution in [0.3, 0.4) is 0 Å². The number of benzene rings is 1. The molecule has 16 heavy (non-hydrogen) atoms. The predicted molar refractivity (Wildman–Crippen MR) is 65.2 cm³/mol. The summed E-state index contributed by atoms with van der Waals surface area (Å²) in [5.41, 5.74) is 1.25. The summed E-state index contributed by atoms with van der Waals surface area (Å²) in [5, 5.41) is 9.55. The third kappa shape index (κ3) is 4.14. The molecule has 0 fully saturated rings. The van der Waals surface area contributed by atoms with E-state index in [0.717, 1.165) is 17.3 Å². The molecule has 0 saturated heterocycles. The molecule has 0 spiro atoms. The van der Waals surface area contributed by atoms with Crippen LogP contribution in [0, 0.1) is 5.82 Å². The van der Waals surface area contributed by atoms with E-state index < -0.39 is 11.8 Å². The average Bonchev–Trinajstić information content (AvgIpc) is 2.20. The Balaban J connectivity index is 2.93. The maximum absolute atomic E-state index is 13.0. The number of allylic oxidation sites excluding steroid dienone is 1. The Hall–Kier alpha value is -1.16. The Morgan fingerprint density at radius 1 is 1.50 bits per heavy atom. The molecule has 0 atom stereocenters. The van der Waals surface area contributed by atoms with Crippen LogP contribution in [0.5, 0.6) is 0 Å². The van der Waals surface area contributed by atoms with Crippen LogP contribution in [0.2, 0.25) is 0 Å². The van der Waals surface area contributed by atoms with Gasteiger partial charge in [0.15, 0.2) is 0 Å². The quantitative estimate of drug-likeness (QED) is 0.844. The second-order valence-electron chi connectivity index (χ2n) is 3.29. The first-order valence-electron chi connectivity index (χ1n) is 4.86. The lowest BCUT2D eigenvalue weighted by atomic mass is 10.0. The van der Waals surface area contributed by atoms with Crippen molar-refractivity contribution >= 4 is 28.0 Å². The standard InChI is InChI=1S/C12H12BrFO2/c13-6-2-1-3-9-4-5-11(14)7-10(9)8-12(15)16/h1,3-5,7H,2,6,8H2,(H,15,16). The van der Waals surface area contributed by atoms with Gasteiger partial charge in [0.05, 0.1) is 6.42 Å². The van der Waals surface area contributed by atoms with Crippen molar-refractivity contribution in [3.63, 3.8) is 0 Å². The van der Waals surface area contributed by atoms with Gasteiger partial charge in [0, 0.05) is 5.33 Å². The van der Waals surface area contributed by atoms with Gasteiger partial charge < -0.3 is 5.11 Å². The minimum atomic E-state index is -0.958. The first-order valence-corrected chi connectivity index (χ1v) is 5.98. The molecule has 0 saturated carbocycles. The molecule has 2 nitrogen and oxygen atoms in total. The second kappa shape index (κ2) is 6.43. The van der Waals surface area contributed by atoms with Gasteiger partial charge in [-0.3, -0.25) is 4.79 Å². The summed E-state index contributed by atoms with van der Waals surface area (Å²) < 4.78 is 13.0. The van der Waals surface area contributed by atoms with E-state index in [2.05, 4.69) is 15.9 Å². The number of halogens is 2. The smallest absolute Gasteiger partial charge is 0.307 e. The highest BCUT2D eigenvalue weighted by molar-refractivity contribution is 9.09. The van der Waals surface area contributed by atoms with E-state index in [0.29, 0.717) is 5.56 Å². The molecule has 0 aliphatic carbocycles. The molecule has 0 unspecified atom stereocenters. The number of aliphatic carboxylic acids is 1. The summed E-state index contributed by atoms with van der Waals surface area (Å²) >= 11 is 3.29. The van der Waals surface area contributed by atoms with Crippen molar-refractivity contribution in [2.75, 3.05) is 5.33 Å². The molecule has 1 N–H and O–H groups in total. The predicted octanol–water partition coefficient (Wildman–Crippen LogP) is 3.25. The molecule has 4 heteroatoms. The van der Waals surface area contributed by atoms with Crippen molar-refractivity contribution in [1.82, 2.24) is 0 Å². The lowest BCUT2D eigenvalue weighted by molar-refractivity contribution is -0.136. The zero-order valence-corrected chi connectivity index (χ0v) is 10.2. The van der Waals surface area contributed by atoms with Crippen molar-refractivity contribution in [3.05, 3.63) is 41.2 Å². The summed E-state index contributed by atoms with van der Waals surface area (Å²) in [6.45, 7) is 0. The number of carbonyl (C=O) groups is 1. The molecule has 1 aromatic carbocycles. The van der Waals surface area contributed by atoms with Gasteiger partial charge in [-0.15, -0.1) is 0 Å². The van der Waals surface area contributed by atoms with Gasteiger partial charge in [0.25, 0.3) is 0 Å². The number of rotatable bonds is 5. The van der Waals surface area contributed by atoms with E-state index in [1.807, 2.05) is 12.2 Å². The van der Waals surface area contributed by atoms with Gasteiger partial charge in [-0.2, -0.15) is 0 Å².